The van der Waals surface area contributed by atoms with Crippen molar-refractivity contribution in [3.05, 3.63) is 29.8 Å². The predicted octanol–water partition coefficient (Wildman–Crippen LogP) is 3.29. The molecule has 0 aliphatic rings. The van der Waals surface area contributed by atoms with Gasteiger partial charge in [0.1, 0.15) is 5.75 Å². The summed E-state index contributed by atoms with van der Waals surface area (Å²) >= 11 is 0. The van der Waals surface area contributed by atoms with Crippen LogP contribution in [0.2, 0.25) is 0 Å². The Morgan fingerprint density at radius 2 is 1.76 bits per heavy atom. The zero-order valence-corrected chi connectivity index (χ0v) is 12.2. The minimum absolute atomic E-state index is 0.424. The van der Waals surface area contributed by atoms with E-state index in [2.05, 4.69) is 6.92 Å². The largest absolute Gasteiger partial charge is 0.494 e. The minimum atomic E-state index is -1.13. The number of carboxylic acid groups (broad SMARTS) is 2. The molecule has 0 heterocycles. The first-order valence-electron chi connectivity index (χ1n) is 7.22. The van der Waals surface area contributed by atoms with Crippen molar-refractivity contribution < 1.29 is 24.5 Å². The van der Waals surface area contributed by atoms with Crippen molar-refractivity contribution in [2.24, 2.45) is 0 Å². The summed E-state index contributed by atoms with van der Waals surface area (Å²) in [6.07, 6.45) is 4.07. The third kappa shape index (κ3) is 6.29. The van der Waals surface area contributed by atoms with Crippen molar-refractivity contribution >= 4 is 11.9 Å². The molecule has 0 fully saturated rings. The highest BCUT2D eigenvalue weighted by atomic mass is 16.5. The Balaban J connectivity index is 2.55. The lowest BCUT2D eigenvalue weighted by Crippen LogP contribution is -2.15. The van der Waals surface area contributed by atoms with E-state index < -0.39 is 24.3 Å². The molecule has 1 aromatic rings. The summed E-state index contributed by atoms with van der Waals surface area (Å²) in [6, 6.07) is 6.60. The number of carbonyl (C=O) groups is 2. The van der Waals surface area contributed by atoms with Crippen LogP contribution < -0.4 is 4.74 Å². The van der Waals surface area contributed by atoms with Gasteiger partial charge in [-0.2, -0.15) is 0 Å². The summed E-state index contributed by atoms with van der Waals surface area (Å²) in [5.41, 5.74) is 0.475. The summed E-state index contributed by atoms with van der Waals surface area (Å²) in [5, 5.41) is 17.8. The highest BCUT2D eigenvalue weighted by Crippen LogP contribution is 2.23. The zero-order chi connectivity index (χ0) is 15.7. The molecule has 1 unspecified atom stereocenters. The summed E-state index contributed by atoms with van der Waals surface area (Å²) < 4.78 is 5.57. The van der Waals surface area contributed by atoms with Gasteiger partial charge in [0.15, 0.2) is 0 Å². The maximum Gasteiger partial charge on any atom is 0.311 e. The molecule has 0 bridgehead atoms. The molecule has 21 heavy (non-hydrogen) atoms. The topological polar surface area (TPSA) is 83.8 Å². The van der Waals surface area contributed by atoms with Crippen LogP contribution in [-0.2, 0) is 9.59 Å². The minimum Gasteiger partial charge on any atom is -0.494 e. The first kappa shape index (κ1) is 17.0. The first-order chi connectivity index (χ1) is 10.0. The number of carboxylic acids is 2. The Morgan fingerprint density at radius 3 is 2.29 bits per heavy atom. The normalized spacial score (nSPS) is 11.9. The van der Waals surface area contributed by atoms with E-state index in [1.54, 1.807) is 24.3 Å². The second kappa shape index (κ2) is 9.00. The van der Waals surface area contributed by atoms with E-state index in [0.717, 1.165) is 12.8 Å². The maximum atomic E-state index is 11.1. The second-order valence-electron chi connectivity index (χ2n) is 4.97. The number of hydrogen-bond acceptors (Lipinski definition) is 3. The van der Waals surface area contributed by atoms with Crippen LogP contribution in [0.3, 0.4) is 0 Å². The van der Waals surface area contributed by atoms with Crippen LogP contribution in [0, 0.1) is 0 Å². The van der Waals surface area contributed by atoms with Crippen LogP contribution in [0.1, 0.15) is 50.5 Å². The van der Waals surface area contributed by atoms with E-state index in [9.17, 15) is 9.59 Å². The molecule has 116 valence electrons. The van der Waals surface area contributed by atoms with Gasteiger partial charge in [0.25, 0.3) is 0 Å². The summed E-state index contributed by atoms with van der Waals surface area (Å²) in [5.74, 6) is -2.61. The van der Waals surface area contributed by atoms with E-state index in [0.29, 0.717) is 17.9 Å². The maximum absolute atomic E-state index is 11.1. The van der Waals surface area contributed by atoms with Gasteiger partial charge in [-0.05, 0) is 24.1 Å². The summed E-state index contributed by atoms with van der Waals surface area (Å²) in [6.45, 7) is 2.78. The van der Waals surface area contributed by atoms with Gasteiger partial charge in [-0.25, -0.2) is 0 Å². The fraction of sp³-hybridized carbons (Fsp3) is 0.500. The average molecular weight is 294 g/mol. The lowest BCUT2D eigenvalue weighted by molar-refractivity contribution is -0.145. The third-order valence-corrected chi connectivity index (χ3v) is 3.23. The molecule has 0 saturated carbocycles. The van der Waals surface area contributed by atoms with E-state index >= 15 is 0 Å². The standard InChI is InChI=1S/C16H22O5/c1-2-3-4-5-10-21-13-8-6-12(7-9-13)14(16(19)20)11-15(17)18/h6-9,14H,2-5,10-11H2,1H3,(H,17,18)(H,19,20). The number of ether oxygens (including phenoxy) is 1. The van der Waals surface area contributed by atoms with Crippen LogP contribution in [0.15, 0.2) is 24.3 Å². The van der Waals surface area contributed by atoms with Gasteiger partial charge >= 0.3 is 11.9 Å². The number of hydrogen-bond donors (Lipinski definition) is 2. The number of unbranched alkanes of at least 4 members (excludes halogenated alkanes) is 3. The number of aliphatic carboxylic acids is 2. The molecule has 5 nitrogen and oxygen atoms in total. The molecule has 0 radical (unpaired) electrons. The molecule has 0 aromatic heterocycles. The highest BCUT2D eigenvalue weighted by molar-refractivity contribution is 5.82. The Morgan fingerprint density at radius 1 is 1.10 bits per heavy atom. The number of benzene rings is 1. The van der Waals surface area contributed by atoms with Crippen molar-refractivity contribution in [2.75, 3.05) is 6.61 Å². The molecule has 5 heteroatoms. The van der Waals surface area contributed by atoms with Gasteiger partial charge in [0.05, 0.1) is 18.9 Å². The fourth-order valence-corrected chi connectivity index (χ4v) is 2.04. The highest BCUT2D eigenvalue weighted by Gasteiger charge is 2.22. The summed E-state index contributed by atoms with van der Waals surface area (Å²) in [7, 11) is 0. The molecule has 0 spiro atoms. The van der Waals surface area contributed by atoms with Crippen molar-refractivity contribution in [1.29, 1.82) is 0 Å². The van der Waals surface area contributed by atoms with E-state index in [4.69, 9.17) is 14.9 Å². The molecular weight excluding hydrogens is 272 g/mol. The average Bonchev–Trinajstić information content (AvgIpc) is 2.45. The Hall–Kier alpha value is -2.04. The Labute approximate surface area is 124 Å². The smallest absolute Gasteiger partial charge is 0.311 e. The van der Waals surface area contributed by atoms with E-state index in [-0.39, 0.29) is 0 Å². The van der Waals surface area contributed by atoms with Gasteiger partial charge in [-0.1, -0.05) is 38.3 Å². The molecule has 0 amide bonds. The third-order valence-electron chi connectivity index (χ3n) is 3.23. The van der Waals surface area contributed by atoms with Gasteiger partial charge < -0.3 is 14.9 Å². The molecule has 1 atom stereocenters. The zero-order valence-electron chi connectivity index (χ0n) is 12.2. The van der Waals surface area contributed by atoms with Crippen molar-refractivity contribution in [3.63, 3.8) is 0 Å². The molecule has 1 rings (SSSR count). The Bertz CT molecular complexity index is 452. The SMILES string of the molecule is CCCCCCOc1ccc(C(CC(=O)O)C(=O)O)cc1. The summed E-state index contributed by atoms with van der Waals surface area (Å²) in [4.78, 5) is 21.8. The quantitative estimate of drug-likeness (QED) is 0.647. The molecule has 2 N–H and O–H groups in total. The molecule has 1 aromatic carbocycles. The molecule has 0 aliphatic carbocycles. The molecule has 0 saturated heterocycles. The fourth-order valence-electron chi connectivity index (χ4n) is 2.04. The van der Waals surface area contributed by atoms with Gasteiger partial charge in [0, 0.05) is 0 Å². The van der Waals surface area contributed by atoms with Crippen molar-refractivity contribution in [3.8, 4) is 5.75 Å². The lowest BCUT2D eigenvalue weighted by atomic mass is 9.96. The van der Waals surface area contributed by atoms with Gasteiger partial charge in [-0.15, -0.1) is 0 Å². The van der Waals surface area contributed by atoms with Crippen LogP contribution >= 0.6 is 0 Å². The Kier molecular flexibility index (Phi) is 7.29. The molecule has 0 aliphatic heterocycles. The van der Waals surface area contributed by atoms with Crippen molar-refractivity contribution in [1.82, 2.24) is 0 Å². The van der Waals surface area contributed by atoms with Crippen LogP contribution in [0.25, 0.3) is 0 Å². The van der Waals surface area contributed by atoms with E-state index in [1.807, 2.05) is 0 Å². The van der Waals surface area contributed by atoms with Crippen LogP contribution in [0.4, 0.5) is 0 Å². The monoisotopic (exact) mass is 294 g/mol. The molecular formula is C16H22O5. The second-order valence-corrected chi connectivity index (χ2v) is 4.97. The van der Waals surface area contributed by atoms with Crippen LogP contribution in [0.5, 0.6) is 5.75 Å². The van der Waals surface area contributed by atoms with Crippen LogP contribution in [-0.4, -0.2) is 28.8 Å². The van der Waals surface area contributed by atoms with Gasteiger partial charge in [-0.3, -0.25) is 9.59 Å². The van der Waals surface area contributed by atoms with Crippen molar-refractivity contribution in [2.45, 2.75) is 44.9 Å². The van der Waals surface area contributed by atoms with Gasteiger partial charge in [0.2, 0.25) is 0 Å². The lowest BCUT2D eigenvalue weighted by Gasteiger charge is -2.11. The first-order valence-corrected chi connectivity index (χ1v) is 7.22. The number of rotatable bonds is 10. The van der Waals surface area contributed by atoms with E-state index in [1.165, 1.54) is 12.8 Å². The predicted molar refractivity (Wildman–Crippen MR) is 78.7 cm³/mol.